The van der Waals surface area contributed by atoms with Crippen LogP contribution in [-0.4, -0.2) is 11.8 Å². The maximum absolute atomic E-state index is 13.7. The Hall–Kier alpha value is -2.77. The second kappa shape index (κ2) is 8.28. The Labute approximate surface area is 153 Å². The van der Waals surface area contributed by atoms with Gasteiger partial charge in [-0.15, -0.1) is 0 Å². The van der Waals surface area contributed by atoms with Crippen LogP contribution in [0, 0.1) is 29.3 Å². The molecule has 0 aliphatic heterocycles. The molecule has 0 radical (unpaired) electrons. The number of nitrogens with one attached hydrogen (secondary N) is 2. The summed E-state index contributed by atoms with van der Waals surface area (Å²) in [5, 5.41) is 5.10. The number of carbonyl (C=O) groups excluding carboxylic acids is 2. The Morgan fingerprint density at radius 1 is 0.963 bits per heavy atom. The number of hydrogen-bond donors (Lipinski definition) is 2. The minimum Gasteiger partial charge on any atom is -0.467 e. The summed E-state index contributed by atoms with van der Waals surface area (Å²) in [6.07, 6.45) is 3.47. The Morgan fingerprint density at radius 3 is 2.26 bits per heavy atom. The third-order valence-corrected chi connectivity index (χ3v) is 4.78. The van der Waals surface area contributed by atoms with Gasteiger partial charge in [0.05, 0.1) is 18.5 Å². The molecule has 8 heteroatoms. The number of carbonyl (C=O) groups is 2. The second-order valence-electron chi connectivity index (χ2n) is 6.56. The molecule has 1 fully saturated rings. The quantitative estimate of drug-likeness (QED) is 0.776. The van der Waals surface area contributed by atoms with Crippen molar-refractivity contribution in [2.45, 2.75) is 32.2 Å². The van der Waals surface area contributed by atoms with Gasteiger partial charge in [-0.25, -0.2) is 13.2 Å². The molecule has 3 rings (SSSR count). The van der Waals surface area contributed by atoms with Gasteiger partial charge in [0.1, 0.15) is 5.76 Å². The number of hydrogen-bond acceptors (Lipinski definition) is 3. The standard InChI is InChI=1S/C19H19F3N2O3/c20-14-7-8-15(17(22)16(14)21)24-19(26)12-5-3-11(4-6-12)18(25)23-10-13-2-1-9-27-13/h1-2,7-9,11-12H,3-6,10H2,(H,23,25)(H,24,26). The van der Waals surface area contributed by atoms with Crippen molar-refractivity contribution in [2.24, 2.45) is 11.8 Å². The summed E-state index contributed by atoms with van der Waals surface area (Å²) in [6, 6.07) is 5.24. The number of benzene rings is 1. The molecule has 1 aliphatic rings. The third kappa shape index (κ3) is 4.50. The molecule has 5 nitrogen and oxygen atoms in total. The van der Waals surface area contributed by atoms with Crippen LogP contribution < -0.4 is 10.6 Å². The van der Waals surface area contributed by atoms with Crippen LogP contribution in [0.3, 0.4) is 0 Å². The molecule has 2 amide bonds. The lowest BCUT2D eigenvalue weighted by Gasteiger charge is -2.27. The van der Waals surface area contributed by atoms with E-state index in [2.05, 4.69) is 10.6 Å². The fourth-order valence-electron chi connectivity index (χ4n) is 3.21. The first-order chi connectivity index (χ1) is 13.0. The predicted molar refractivity (Wildman–Crippen MR) is 90.9 cm³/mol. The van der Waals surface area contributed by atoms with Gasteiger partial charge < -0.3 is 15.1 Å². The van der Waals surface area contributed by atoms with E-state index in [0.29, 0.717) is 38.0 Å². The van der Waals surface area contributed by atoms with Gasteiger partial charge in [0.25, 0.3) is 0 Å². The third-order valence-electron chi connectivity index (χ3n) is 4.78. The van der Waals surface area contributed by atoms with E-state index in [1.54, 1.807) is 12.1 Å². The van der Waals surface area contributed by atoms with Crippen LogP contribution in [-0.2, 0) is 16.1 Å². The topological polar surface area (TPSA) is 71.3 Å². The Kier molecular flexibility index (Phi) is 5.83. The lowest BCUT2D eigenvalue weighted by Crippen LogP contribution is -2.35. The molecule has 1 aromatic carbocycles. The number of halogens is 3. The number of anilines is 1. The van der Waals surface area contributed by atoms with E-state index >= 15 is 0 Å². The molecule has 1 heterocycles. The highest BCUT2D eigenvalue weighted by molar-refractivity contribution is 5.93. The summed E-state index contributed by atoms with van der Waals surface area (Å²) >= 11 is 0. The molecule has 1 saturated carbocycles. The number of amides is 2. The Balaban J connectivity index is 1.49. The fourth-order valence-corrected chi connectivity index (χ4v) is 3.21. The van der Waals surface area contributed by atoms with Gasteiger partial charge in [-0.05, 0) is 49.9 Å². The van der Waals surface area contributed by atoms with Crippen molar-refractivity contribution < 1.29 is 27.2 Å². The summed E-state index contributed by atoms with van der Waals surface area (Å²) in [4.78, 5) is 24.5. The first-order valence-corrected chi connectivity index (χ1v) is 8.70. The van der Waals surface area contributed by atoms with Crippen molar-refractivity contribution in [3.63, 3.8) is 0 Å². The van der Waals surface area contributed by atoms with Crippen LogP contribution >= 0.6 is 0 Å². The smallest absolute Gasteiger partial charge is 0.227 e. The first kappa shape index (κ1) is 19.0. The summed E-state index contributed by atoms with van der Waals surface area (Å²) in [5.41, 5.74) is -0.391. The van der Waals surface area contributed by atoms with Crippen molar-refractivity contribution in [1.29, 1.82) is 0 Å². The summed E-state index contributed by atoms with van der Waals surface area (Å²) in [6.45, 7) is 0.307. The molecule has 27 heavy (non-hydrogen) atoms. The Morgan fingerprint density at radius 2 is 1.63 bits per heavy atom. The van der Waals surface area contributed by atoms with E-state index in [1.807, 2.05) is 0 Å². The van der Waals surface area contributed by atoms with Crippen LogP contribution in [0.25, 0.3) is 0 Å². The van der Waals surface area contributed by atoms with Crippen LogP contribution in [0.5, 0.6) is 0 Å². The maximum Gasteiger partial charge on any atom is 0.227 e. The molecule has 0 unspecified atom stereocenters. The minimum absolute atomic E-state index is 0.100. The molecular formula is C19H19F3N2O3. The summed E-state index contributed by atoms with van der Waals surface area (Å²) < 4.78 is 45.0. The van der Waals surface area contributed by atoms with Gasteiger partial charge in [0, 0.05) is 11.8 Å². The normalized spacial score (nSPS) is 19.5. The SMILES string of the molecule is O=C(NCc1ccco1)C1CCC(C(=O)Nc2ccc(F)c(F)c2F)CC1. The minimum atomic E-state index is -1.62. The zero-order chi connectivity index (χ0) is 19.4. The number of furan rings is 1. The summed E-state index contributed by atoms with van der Waals surface area (Å²) in [5.74, 6) is -4.88. The highest BCUT2D eigenvalue weighted by atomic mass is 19.2. The highest BCUT2D eigenvalue weighted by Gasteiger charge is 2.30. The van der Waals surface area contributed by atoms with Gasteiger partial charge in [0.2, 0.25) is 11.8 Å². The molecule has 0 bridgehead atoms. The molecule has 0 saturated heterocycles. The highest BCUT2D eigenvalue weighted by Crippen LogP contribution is 2.30. The van der Waals surface area contributed by atoms with Crippen molar-refractivity contribution >= 4 is 17.5 Å². The Bertz CT molecular complexity index is 816. The van der Waals surface area contributed by atoms with E-state index in [4.69, 9.17) is 4.42 Å². The monoisotopic (exact) mass is 380 g/mol. The molecule has 0 spiro atoms. The maximum atomic E-state index is 13.7. The molecule has 0 atom stereocenters. The van der Waals surface area contributed by atoms with Gasteiger partial charge in [-0.1, -0.05) is 0 Å². The largest absolute Gasteiger partial charge is 0.467 e. The predicted octanol–water partition coefficient (Wildman–Crippen LogP) is 3.76. The zero-order valence-corrected chi connectivity index (χ0v) is 14.4. The average Bonchev–Trinajstić information content (AvgIpc) is 3.20. The second-order valence-corrected chi connectivity index (χ2v) is 6.56. The van der Waals surface area contributed by atoms with E-state index in [0.717, 1.165) is 12.1 Å². The van der Waals surface area contributed by atoms with Crippen molar-refractivity contribution in [3.05, 3.63) is 53.7 Å². The molecule has 2 N–H and O–H groups in total. The lowest BCUT2D eigenvalue weighted by atomic mass is 9.81. The zero-order valence-electron chi connectivity index (χ0n) is 14.4. The molecule has 144 valence electrons. The molecule has 1 aromatic heterocycles. The van der Waals surface area contributed by atoms with Gasteiger partial charge in [0.15, 0.2) is 17.5 Å². The van der Waals surface area contributed by atoms with Crippen molar-refractivity contribution in [2.75, 3.05) is 5.32 Å². The lowest BCUT2D eigenvalue weighted by molar-refractivity contribution is -0.128. The van der Waals surface area contributed by atoms with E-state index < -0.39 is 35.0 Å². The molecular weight excluding hydrogens is 361 g/mol. The molecule has 2 aromatic rings. The van der Waals surface area contributed by atoms with Crippen LogP contribution in [0.2, 0.25) is 0 Å². The number of rotatable bonds is 5. The van der Waals surface area contributed by atoms with E-state index in [-0.39, 0.29) is 11.8 Å². The van der Waals surface area contributed by atoms with Gasteiger partial charge in [-0.3, -0.25) is 9.59 Å². The van der Waals surface area contributed by atoms with Gasteiger partial charge in [-0.2, -0.15) is 0 Å². The molecule has 1 aliphatic carbocycles. The van der Waals surface area contributed by atoms with Crippen molar-refractivity contribution in [3.8, 4) is 0 Å². The van der Waals surface area contributed by atoms with Crippen LogP contribution in [0.4, 0.5) is 18.9 Å². The average molecular weight is 380 g/mol. The van der Waals surface area contributed by atoms with Crippen LogP contribution in [0.15, 0.2) is 34.9 Å². The first-order valence-electron chi connectivity index (χ1n) is 8.70. The van der Waals surface area contributed by atoms with E-state index in [9.17, 15) is 22.8 Å². The van der Waals surface area contributed by atoms with Gasteiger partial charge >= 0.3 is 0 Å². The van der Waals surface area contributed by atoms with Crippen molar-refractivity contribution in [1.82, 2.24) is 5.32 Å². The fraction of sp³-hybridized carbons (Fsp3) is 0.368. The summed E-state index contributed by atoms with van der Waals surface area (Å²) in [7, 11) is 0. The van der Waals surface area contributed by atoms with Crippen LogP contribution in [0.1, 0.15) is 31.4 Å². The van der Waals surface area contributed by atoms with E-state index in [1.165, 1.54) is 6.26 Å².